The van der Waals surface area contributed by atoms with Crippen molar-refractivity contribution in [2.75, 3.05) is 26.7 Å². The maximum absolute atomic E-state index is 12.4. The van der Waals surface area contributed by atoms with Gasteiger partial charge in [-0.1, -0.05) is 30.3 Å². The molecule has 1 aliphatic heterocycles. The van der Waals surface area contributed by atoms with Crippen LogP contribution in [0.5, 0.6) is 0 Å². The van der Waals surface area contributed by atoms with Crippen molar-refractivity contribution in [3.63, 3.8) is 0 Å². The quantitative estimate of drug-likeness (QED) is 0.886. The molecule has 1 fully saturated rings. The van der Waals surface area contributed by atoms with Crippen LogP contribution in [0.15, 0.2) is 40.9 Å². The van der Waals surface area contributed by atoms with E-state index in [9.17, 15) is 4.79 Å². The van der Waals surface area contributed by atoms with E-state index in [1.165, 1.54) is 0 Å². The molecule has 24 heavy (non-hydrogen) atoms. The minimum atomic E-state index is 0.206. The highest BCUT2D eigenvalue weighted by Gasteiger charge is 2.22. The monoisotopic (exact) mass is 327 g/mol. The van der Waals surface area contributed by atoms with Gasteiger partial charge in [-0.3, -0.25) is 4.79 Å². The molecule has 1 N–H and O–H groups in total. The summed E-state index contributed by atoms with van der Waals surface area (Å²) in [6.45, 7) is 2.78. The van der Waals surface area contributed by atoms with Gasteiger partial charge >= 0.3 is 0 Å². The number of nitrogens with zero attached hydrogens (tertiary/aromatic N) is 2. The Hall–Kier alpha value is -2.14. The topological polar surface area (TPSA) is 58.4 Å². The number of rotatable bonds is 6. The lowest BCUT2D eigenvalue weighted by Crippen LogP contribution is -2.40. The summed E-state index contributed by atoms with van der Waals surface area (Å²) in [4.78, 5) is 18.6. The fourth-order valence-electron chi connectivity index (χ4n) is 3.21. The molecule has 5 heteroatoms. The highest BCUT2D eigenvalue weighted by Crippen LogP contribution is 2.21. The third-order valence-corrected chi connectivity index (χ3v) is 4.62. The summed E-state index contributed by atoms with van der Waals surface area (Å²) in [5, 5.41) is 3.22. The first-order valence-corrected chi connectivity index (χ1v) is 8.69. The highest BCUT2D eigenvalue weighted by molar-refractivity contribution is 5.76. The number of carbonyl (C=O) groups is 1. The number of aromatic nitrogens is 1. The first-order chi connectivity index (χ1) is 11.8. The number of oxazole rings is 1. The van der Waals surface area contributed by atoms with E-state index in [4.69, 9.17) is 4.42 Å². The molecule has 1 aromatic heterocycles. The average Bonchev–Trinajstić information content (AvgIpc) is 3.10. The Labute approximate surface area is 143 Å². The summed E-state index contributed by atoms with van der Waals surface area (Å²) in [6.07, 6.45) is 4.93. The maximum Gasteiger partial charge on any atom is 0.223 e. The molecular formula is C19H25N3O2. The van der Waals surface area contributed by atoms with E-state index in [-0.39, 0.29) is 5.91 Å². The predicted octanol–water partition coefficient (Wildman–Crippen LogP) is 2.73. The minimum Gasteiger partial charge on any atom is -0.441 e. The number of hydrogen-bond donors (Lipinski definition) is 1. The zero-order valence-corrected chi connectivity index (χ0v) is 14.2. The van der Waals surface area contributed by atoms with Crippen molar-refractivity contribution < 1.29 is 9.21 Å². The Kier molecular flexibility index (Phi) is 5.64. The number of likely N-dealkylation sites (tertiary alicyclic amines) is 1. The number of aryl methyl sites for hydroxylation is 1. The van der Waals surface area contributed by atoms with Crippen LogP contribution in [0.1, 0.15) is 25.2 Å². The molecule has 3 rings (SSSR count). The molecular weight excluding hydrogens is 302 g/mol. The van der Waals surface area contributed by atoms with Crippen molar-refractivity contribution in [2.24, 2.45) is 5.92 Å². The van der Waals surface area contributed by atoms with Crippen molar-refractivity contribution in [3.05, 3.63) is 42.4 Å². The van der Waals surface area contributed by atoms with Crippen molar-refractivity contribution in [2.45, 2.75) is 25.7 Å². The van der Waals surface area contributed by atoms with Crippen molar-refractivity contribution in [3.8, 4) is 11.3 Å². The molecule has 2 heterocycles. The first kappa shape index (κ1) is 16.7. The van der Waals surface area contributed by atoms with Gasteiger partial charge in [0, 0.05) is 31.5 Å². The van der Waals surface area contributed by atoms with E-state index in [1.54, 1.807) is 6.20 Å². The molecule has 128 valence electrons. The van der Waals surface area contributed by atoms with Crippen LogP contribution in [0, 0.1) is 5.92 Å². The maximum atomic E-state index is 12.4. The second-order valence-electron chi connectivity index (χ2n) is 6.37. The van der Waals surface area contributed by atoms with Gasteiger partial charge in [-0.25, -0.2) is 4.98 Å². The van der Waals surface area contributed by atoms with E-state index < -0.39 is 0 Å². The summed E-state index contributed by atoms with van der Waals surface area (Å²) in [5.74, 6) is 2.29. The lowest BCUT2D eigenvalue weighted by atomic mass is 9.96. The molecule has 0 unspecified atom stereocenters. The molecule has 0 bridgehead atoms. The van der Waals surface area contributed by atoms with Crippen LogP contribution >= 0.6 is 0 Å². The first-order valence-electron chi connectivity index (χ1n) is 8.69. The third kappa shape index (κ3) is 4.23. The van der Waals surface area contributed by atoms with Crippen LogP contribution in [0.4, 0.5) is 0 Å². The molecule has 1 amide bonds. The van der Waals surface area contributed by atoms with Gasteiger partial charge in [-0.15, -0.1) is 0 Å². The zero-order valence-electron chi connectivity index (χ0n) is 14.2. The van der Waals surface area contributed by atoms with Gasteiger partial charge in [-0.05, 0) is 32.4 Å². The second-order valence-corrected chi connectivity index (χ2v) is 6.37. The Balaban J connectivity index is 1.48. The van der Waals surface area contributed by atoms with Gasteiger partial charge < -0.3 is 14.6 Å². The SMILES string of the molecule is CNCC1CCN(C(=O)CCc2ncc(-c3ccccc3)o2)CC1. The Morgan fingerprint density at radius 3 is 2.75 bits per heavy atom. The normalized spacial score (nSPS) is 15.6. The number of nitrogens with one attached hydrogen (secondary N) is 1. The molecule has 1 aromatic carbocycles. The van der Waals surface area contributed by atoms with Gasteiger partial charge in [0.15, 0.2) is 11.7 Å². The van der Waals surface area contributed by atoms with E-state index in [0.717, 1.165) is 43.8 Å². The van der Waals surface area contributed by atoms with Crippen molar-refractivity contribution in [1.82, 2.24) is 15.2 Å². The molecule has 1 saturated heterocycles. The molecule has 0 aliphatic carbocycles. The smallest absolute Gasteiger partial charge is 0.223 e. The van der Waals surface area contributed by atoms with Gasteiger partial charge in [0.1, 0.15) is 0 Å². The summed E-state index contributed by atoms with van der Waals surface area (Å²) in [5.41, 5.74) is 1.01. The second kappa shape index (κ2) is 8.11. The summed E-state index contributed by atoms with van der Waals surface area (Å²) < 4.78 is 5.77. The molecule has 5 nitrogen and oxygen atoms in total. The van der Waals surface area contributed by atoms with Crippen molar-refractivity contribution >= 4 is 5.91 Å². The van der Waals surface area contributed by atoms with Crippen LogP contribution in [0.25, 0.3) is 11.3 Å². The average molecular weight is 327 g/mol. The molecule has 2 aromatic rings. The van der Waals surface area contributed by atoms with E-state index in [2.05, 4.69) is 10.3 Å². The van der Waals surface area contributed by atoms with Gasteiger partial charge in [0.25, 0.3) is 0 Å². The molecule has 0 radical (unpaired) electrons. The third-order valence-electron chi connectivity index (χ3n) is 4.62. The van der Waals surface area contributed by atoms with Crippen LogP contribution in [0.2, 0.25) is 0 Å². The molecule has 1 aliphatic rings. The van der Waals surface area contributed by atoms with Crippen LogP contribution in [-0.2, 0) is 11.2 Å². The predicted molar refractivity (Wildman–Crippen MR) is 93.5 cm³/mol. The van der Waals surface area contributed by atoms with Crippen LogP contribution < -0.4 is 5.32 Å². The molecule has 0 saturated carbocycles. The van der Waals surface area contributed by atoms with Crippen molar-refractivity contribution in [1.29, 1.82) is 0 Å². The summed E-state index contributed by atoms with van der Waals surface area (Å²) >= 11 is 0. The largest absolute Gasteiger partial charge is 0.441 e. The number of benzene rings is 1. The van der Waals surface area contributed by atoms with E-state index in [0.29, 0.717) is 24.7 Å². The van der Waals surface area contributed by atoms with Crippen LogP contribution in [0.3, 0.4) is 0 Å². The van der Waals surface area contributed by atoms with Crippen LogP contribution in [-0.4, -0.2) is 42.5 Å². The zero-order chi connectivity index (χ0) is 16.8. The number of amides is 1. The van der Waals surface area contributed by atoms with Gasteiger partial charge in [-0.2, -0.15) is 0 Å². The number of piperidine rings is 1. The summed E-state index contributed by atoms with van der Waals surface area (Å²) in [6, 6.07) is 9.90. The fourth-order valence-corrected chi connectivity index (χ4v) is 3.21. The Morgan fingerprint density at radius 2 is 2.04 bits per heavy atom. The summed E-state index contributed by atoms with van der Waals surface area (Å²) in [7, 11) is 1.98. The standard InChI is InChI=1S/C19H25N3O2/c1-20-13-15-9-11-22(12-10-15)19(23)8-7-18-21-14-17(24-18)16-5-3-2-4-6-16/h2-6,14-15,20H,7-13H2,1H3. The molecule has 0 atom stereocenters. The number of hydrogen-bond acceptors (Lipinski definition) is 4. The lowest BCUT2D eigenvalue weighted by molar-refractivity contribution is -0.132. The Bertz CT molecular complexity index is 646. The van der Waals surface area contributed by atoms with Gasteiger partial charge in [0.2, 0.25) is 5.91 Å². The van der Waals surface area contributed by atoms with E-state index in [1.807, 2.05) is 42.3 Å². The minimum absolute atomic E-state index is 0.206. The molecule has 0 spiro atoms. The Morgan fingerprint density at radius 1 is 1.29 bits per heavy atom. The van der Waals surface area contributed by atoms with E-state index >= 15 is 0 Å². The highest BCUT2D eigenvalue weighted by atomic mass is 16.4. The van der Waals surface area contributed by atoms with Gasteiger partial charge in [0.05, 0.1) is 6.20 Å². The number of carbonyl (C=O) groups excluding carboxylic acids is 1. The lowest BCUT2D eigenvalue weighted by Gasteiger charge is -2.32. The fraction of sp³-hybridized carbons (Fsp3) is 0.474.